The summed E-state index contributed by atoms with van der Waals surface area (Å²) in [4.78, 5) is 0. The van der Waals surface area contributed by atoms with Gasteiger partial charge in [0, 0.05) is 13.7 Å². The van der Waals surface area contributed by atoms with Crippen molar-refractivity contribution in [3.63, 3.8) is 0 Å². The number of sulfonamides is 1. The van der Waals surface area contributed by atoms with E-state index in [1.807, 2.05) is 0 Å². The maximum atomic E-state index is 12.4. The zero-order chi connectivity index (χ0) is 17.0. The van der Waals surface area contributed by atoms with Crippen LogP contribution in [-0.4, -0.2) is 59.7 Å². The van der Waals surface area contributed by atoms with Gasteiger partial charge in [0.1, 0.15) is 0 Å². The fourth-order valence-corrected chi connectivity index (χ4v) is 5.95. The molecule has 3 rings (SSSR count). The Bertz CT molecular complexity index is 499. The van der Waals surface area contributed by atoms with E-state index in [1.54, 1.807) is 7.11 Å². The number of rotatable bonds is 7. The van der Waals surface area contributed by atoms with Crippen LogP contribution in [-0.2, 0) is 19.5 Å². The van der Waals surface area contributed by atoms with Crippen LogP contribution in [0.1, 0.15) is 44.9 Å². The van der Waals surface area contributed by atoms with E-state index in [2.05, 4.69) is 10.0 Å². The van der Waals surface area contributed by atoms with Crippen LogP contribution in [0.25, 0.3) is 0 Å². The molecule has 2 unspecified atom stereocenters. The average Bonchev–Trinajstić information content (AvgIpc) is 3.22. The second-order valence-electron chi connectivity index (χ2n) is 7.84. The van der Waals surface area contributed by atoms with Gasteiger partial charge >= 0.3 is 0 Å². The summed E-state index contributed by atoms with van der Waals surface area (Å²) in [5, 5.41) is 3.38. The number of nitrogens with one attached hydrogen (secondary N) is 2. The van der Waals surface area contributed by atoms with Crippen molar-refractivity contribution < 1.29 is 17.9 Å². The Balaban J connectivity index is 1.46. The monoisotopic (exact) mass is 360 g/mol. The van der Waals surface area contributed by atoms with Crippen LogP contribution < -0.4 is 10.0 Å². The molecule has 140 valence electrons. The third-order valence-electron chi connectivity index (χ3n) is 6.09. The highest BCUT2D eigenvalue weighted by Gasteiger charge is 2.41. The van der Waals surface area contributed by atoms with Crippen LogP contribution in [0.5, 0.6) is 0 Å². The lowest BCUT2D eigenvalue weighted by Gasteiger charge is -2.32. The van der Waals surface area contributed by atoms with Crippen LogP contribution in [0.2, 0.25) is 0 Å². The first-order valence-corrected chi connectivity index (χ1v) is 11.0. The maximum absolute atomic E-state index is 12.4. The van der Waals surface area contributed by atoms with Crippen molar-refractivity contribution in [1.82, 2.24) is 10.0 Å². The molecule has 2 N–H and O–H groups in total. The van der Waals surface area contributed by atoms with Crippen molar-refractivity contribution in [2.24, 2.45) is 11.3 Å². The molecule has 7 heteroatoms. The van der Waals surface area contributed by atoms with Crippen molar-refractivity contribution in [2.45, 2.75) is 57.2 Å². The minimum atomic E-state index is -3.33. The Morgan fingerprint density at radius 3 is 2.67 bits per heavy atom. The second-order valence-corrected chi connectivity index (χ2v) is 9.69. The standard InChI is InChI=1S/C17H32N2O4S/c1-22-16(14-4-2-3-5-14)12-24(20,21)19-11-15-10-17(13-23-15)6-8-18-9-7-17/h14-16,18-19H,2-13H2,1H3. The number of ether oxygens (including phenoxy) is 2. The summed E-state index contributed by atoms with van der Waals surface area (Å²) < 4.78 is 39.0. The van der Waals surface area contributed by atoms with Gasteiger partial charge in [-0.1, -0.05) is 12.8 Å². The molecular weight excluding hydrogens is 328 g/mol. The lowest BCUT2D eigenvalue weighted by atomic mass is 9.77. The molecule has 2 saturated heterocycles. The Morgan fingerprint density at radius 2 is 2.00 bits per heavy atom. The largest absolute Gasteiger partial charge is 0.380 e. The second kappa shape index (κ2) is 7.99. The van der Waals surface area contributed by atoms with E-state index in [9.17, 15) is 8.42 Å². The van der Waals surface area contributed by atoms with Gasteiger partial charge in [0.15, 0.2) is 0 Å². The number of methoxy groups -OCH3 is 1. The SMILES string of the molecule is COC(CS(=O)(=O)NCC1CC2(CCNCC2)CO1)C1CCCC1. The molecule has 0 amide bonds. The molecule has 1 saturated carbocycles. The highest BCUT2D eigenvalue weighted by atomic mass is 32.2. The first kappa shape index (κ1) is 18.6. The topological polar surface area (TPSA) is 76.7 Å². The van der Waals surface area contributed by atoms with Crippen molar-refractivity contribution in [1.29, 1.82) is 0 Å². The number of hydrogen-bond donors (Lipinski definition) is 2. The molecule has 1 aliphatic carbocycles. The summed E-state index contributed by atoms with van der Waals surface area (Å²) in [6.07, 6.45) is 7.57. The van der Waals surface area contributed by atoms with E-state index in [1.165, 1.54) is 12.8 Å². The third-order valence-corrected chi connectivity index (χ3v) is 7.47. The van der Waals surface area contributed by atoms with Gasteiger partial charge in [-0.05, 0) is 56.5 Å². The smallest absolute Gasteiger partial charge is 0.214 e. The summed E-state index contributed by atoms with van der Waals surface area (Å²) in [6.45, 7) is 3.24. The fourth-order valence-electron chi connectivity index (χ4n) is 4.55. The summed E-state index contributed by atoms with van der Waals surface area (Å²) in [5.74, 6) is 0.447. The van der Waals surface area contributed by atoms with Gasteiger partial charge in [0.25, 0.3) is 0 Å². The highest BCUT2D eigenvalue weighted by Crippen LogP contribution is 2.40. The summed E-state index contributed by atoms with van der Waals surface area (Å²) in [5.41, 5.74) is 0.264. The summed E-state index contributed by atoms with van der Waals surface area (Å²) in [6, 6.07) is 0. The predicted molar refractivity (Wildman–Crippen MR) is 93.4 cm³/mol. The van der Waals surface area contributed by atoms with E-state index in [-0.39, 0.29) is 23.4 Å². The van der Waals surface area contributed by atoms with Crippen LogP contribution in [0, 0.1) is 11.3 Å². The Morgan fingerprint density at radius 1 is 1.29 bits per heavy atom. The van der Waals surface area contributed by atoms with Crippen molar-refractivity contribution in [3.8, 4) is 0 Å². The molecule has 0 aromatic heterocycles. The highest BCUT2D eigenvalue weighted by molar-refractivity contribution is 7.89. The van der Waals surface area contributed by atoms with Gasteiger partial charge in [-0.2, -0.15) is 0 Å². The zero-order valence-electron chi connectivity index (χ0n) is 14.8. The van der Waals surface area contributed by atoms with Gasteiger partial charge in [-0.15, -0.1) is 0 Å². The van der Waals surface area contributed by atoms with Crippen LogP contribution in [0.15, 0.2) is 0 Å². The zero-order valence-corrected chi connectivity index (χ0v) is 15.6. The number of piperidine rings is 1. The van der Waals surface area contributed by atoms with Gasteiger partial charge in [-0.25, -0.2) is 13.1 Å². The van der Waals surface area contributed by atoms with Crippen molar-refractivity contribution >= 4 is 10.0 Å². The molecule has 0 aromatic carbocycles. The molecule has 2 atom stereocenters. The summed E-state index contributed by atoms with van der Waals surface area (Å²) in [7, 11) is -1.70. The molecular formula is C17H32N2O4S. The van der Waals surface area contributed by atoms with E-state index in [0.29, 0.717) is 12.5 Å². The van der Waals surface area contributed by atoms with E-state index < -0.39 is 10.0 Å². The minimum Gasteiger partial charge on any atom is -0.380 e. The lowest BCUT2D eigenvalue weighted by molar-refractivity contribution is 0.0712. The molecule has 0 aromatic rings. The van der Waals surface area contributed by atoms with E-state index in [0.717, 1.165) is 51.8 Å². The van der Waals surface area contributed by atoms with Crippen molar-refractivity contribution in [2.75, 3.05) is 39.1 Å². The van der Waals surface area contributed by atoms with Crippen LogP contribution in [0.3, 0.4) is 0 Å². The predicted octanol–water partition coefficient (Wildman–Crippen LogP) is 1.27. The lowest BCUT2D eigenvalue weighted by Crippen LogP contribution is -2.40. The Hall–Kier alpha value is -0.210. The molecule has 6 nitrogen and oxygen atoms in total. The molecule has 3 aliphatic rings. The van der Waals surface area contributed by atoms with Gasteiger partial charge in [0.05, 0.1) is 24.6 Å². The Labute approximate surface area is 146 Å². The average molecular weight is 361 g/mol. The van der Waals surface area contributed by atoms with Gasteiger partial charge in [-0.3, -0.25) is 0 Å². The van der Waals surface area contributed by atoms with Gasteiger partial charge in [0.2, 0.25) is 10.0 Å². The van der Waals surface area contributed by atoms with E-state index >= 15 is 0 Å². The third kappa shape index (κ3) is 4.69. The fraction of sp³-hybridized carbons (Fsp3) is 1.00. The first-order chi connectivity index (χ1) is 11.5. The first-order valence-electron chi connectivity index (χ1n) is 9.34. The normalized spacial score (nSPS) is 29.3. The van der Waals surface area contributed by atoms with Crippen molar-refractivity contribution in [3.05, 3.63) is 0 Å². The maximum Gasteiger partial charge on any atom is 0.214 e. The molecule has 24 heavy (non-hydrogen) atoms. The van der Waals surface area contributed by atoms with Gasteiger partial charge < -0.3 is 14.8 Å². The summed E-state index contributed by atoms with van der Waals surface area (Å²) >= 11 is 0. The Kier molecular flexibility index (Phi) is 6.19. The molecule has 2 aliphatic heterocycles. The van der Waals surface area contributed by atoms with E-state index in [4.69, 9.17) is 9.47 Å². The molecule has 2 heterocycles. The minimum absolute atomic E-state index is 0.00495. The molecule has 0 radical (unpaired) electrons. The molecule has 0 bridgehead atoms. The number of hydrogen-bond acceptors (Lipinski definition) is 5. The van der Waals surface area contributed by atoms with Crippen LogP contribution >= 0.6 is 0 Å². The van der Waals surface area contributed by atoms with Crippen LogP contribution in [0.4, 0.5) is 0 Å². The quantitative estimate of drug-likeness (QED) is 0.715. The molecule has 3 fully saturated rings. The molecule has 1 spiro atoms.